The monoisotopic (exact) mass is 522 g/mol. The van der Waals surface area contributed by atoms with E-state index in [1.807, 2.05) is 6.07 Å². The van der Waals surface area contributed by atoms with Crippen LogP contribution in [-0.4, -0.2) is 46.9 Å². The first-order chi connectivity index (χ1) is 15.9. The van der Waals surface area contributed by atoms with Crippen LogP contribution in [-0.2, 0) is 14.3 Å². The number of carbonyl (C=O) groups excluding carboxylic acids is 2. The maximum absolute atomic E-state index is 12.8. The van der Waals surface area contributed by atoms with Crippen molar-refractivity contribution < 1.29 is 19.1 Å². The summed E-state index contributed by atoms with van der Waals surface area (Å²) in [6.45, 7) is 1.03. The molecule has 0 bridgehead atoms. The number of nitrogens with one attached hydrogen (secondary N) is 1. The predicted molar refractivity (Wildman–Crippen MR) is 136 cm³/mol. The number of rotatable bonds is 7. The first-order valence-electron chi connectivity index (χ1n) is 10.2. The van der Waals surface area contributed by atoms with Gasteiger partial charge in [0.25, 0.3) is 11.8 Å². The standard InChI is InChI=1S/C23H20Cl2N2O4S2/c24-18-7-6-15(11-19(18)25)26-21(28)13-31-16-4-1-3-14(9-16)10-20-22(29)27(23(32)33-20)12-17-5-2-8-30-17/h1,3-4,6-7,9-11,17H,2,5,8,12-13H2,(H,26,28)/b20-10-/t17-/m1/s1. The number of hydrogen-bond acceptors (Lipinski definition) is 6. The zero-order chi connectivity index (χ0) is 23.4. The molecule has 33 heavy (non-hydrogen) atoms. The van der Waals surface area contributed by atoms with Crippen LogP contribution in [0, 0.1) is 0 Å². The maximum Gasteiger partial charge on any atom is 0.266 e. The van der Waals surface area contributed by atoms with Crippen molar-refractivity contribution in [3.05, 3.63) is 63.0 Å². The lowest BCUT2D eigenvalue weighted by Crippen LogP contribution is -2.35. The molecule has 0 saturated carbocycles. The van der Waals surface area contributed by atoms with Gasteiger partial charge in [-0.15, -0.1) is 0 Å². The molecule has 2 heterocycles. The average Bonchev–Trinajstić information content (AvgIpc) is 3.39. The number of carbonyl (C=O) groups is 2. The molecule has 4 rings (SSSR count). The molecule has 2 saturated heterocycles. The molecule has 6 nitrogen and oxygen atoms in total. The number of amides is 2. The Kier molecular flexibility index (Phi) is 7.93. The second-order valence-electron chi connectivity index (χ2n) is 7.47. The van der Waals surface area contributed by atoms with Gasteiger partial charge in [-0.1, -0.05) is 59.3 Å². The minimum atomic E-state index is -0.339. The Morgan fingerprint density at radius 1 is 1.27 bits per heavy atom. The minimum absolute atomic E-state index is 0.0404. The van der Waals surface area contributed by atoms with Gasteiger partial charge >= 0.3 is 0 Å². The van der Waals surface area contributed by atoms with E-state index in [4.69, 9.17) is 44.9 Å². The third-order valence-corrected chi connectivity index (χ3v) is 7.13. The summed E-state index contributed by atoms with van der Waals surface area (Å²) in [4.78, 5) is 27.2. The van der Waals surface area contributed by atoms with Crippen molar-refractivity contribution in [3.63, 3.8) is 0 Å². The molecule has 0 radical (unpaired) electrons. The van der Waals surface area contributed by atoms with E-state index in [1.54, 1.807) is 47.4 Å². The highest BCUT2D eigenvalue weighted by molar-refractivity contribution is 8.26. The number of nitrogens with zero attached hydrogens (tertiary/aromatic N) is 1. The van der Waals surface area contributed by atoms with Gasteiger partial charge in [-0.2, -0.15) is 0 Å². The van der Waals surface area contributed by atoms with E-state index in [0.29, 0.717) is 37.3 Å². The third-order valence-electron chi connectivity index (χ3n) is 5.01. The van der Waals surface area contributed by atoms with E-state index in [1.165, 1.54) is 11.8 Å². The van der Waals surface area contributed by atoms with Crippen LogP contribution < -0.4 is 10.1 Å². The first-order valence-corrected chi connectivity index (χ1v) is 12.2. The van der Waals surface area contributed by atoms with Crippen molar-refractivity contribution in [2.24, 2.45) is 0 Å². The van der Waals surface area contributed by atoms with Crippen molar-refractivity contribution >= 4 is 75.1 Å². The van der Waals surface area contributed by atoms with Gasteiger partial charge < -0.3 is 14.8 Å². The van der Waals surface area contributed by atoms with Gasteiger partial charge in [-0.25, -0.2) is 0 Å². The number of anilines is 1. The first kappa shape index (κ1) is 24.0. The summed E-state index contributed by atoms with van der Waals surface area (Å²) in [5.74, 6) is 0.0458. The summed E-state index contributed by atoms with van der Waals surface area (Å²) in [5, 5.41) is 3.46. The zero-order valence-corrected chi connectivity index (χ0v) is 20.5. The molecule has 0 aromatic heterocycles. The Bertz CT molecular complexity index is 1120. The Balaban J connectivity index is 1.35. The quantitative estimate of drug-likeness (QED) is 0.388. The fourth-order valence-electron chi connectivity index (χ4n) is 3.41. The van der Waals surface area contributed by atoms with Crippen LogP contribution in [0.2, 0.25) is 10.0 Å². The van der Waals surface area contributed by atoms with Gasteiger partial charge in [0, 0.05) is 12.3 Å². The summed E-state index contributed by atoms with van der Waals surface area (Å²) in [6.07, 6.45) is 3.76. The molecule has 2 aliphatic rings. The molecule has 0 spiro atoms. The highest BCUT2D eigenvalue weighted by atomic mass is 35.5. The molecule has 2 fully saturated rings. The number of halogens is 2. The molecule has 0 aliphatic carbocycles. The van der Waals surface area contributed by atoms with Crippen molar-refractivity contribution in [1.82, 2.24) is 4.90 Å². The van der Waals surface area contributed by atoms with Crippen LogP contribution in [0.1, 0.15) is 18.4 Å². The number of benzene rings is 2. The van der Waals surface area contributed by atoms with Crippen molar-refractivity contribution in [3.8, 4) is 5.75 Å². The second-order valence-corrected chi connectivity index (χ2v) is 9.96. The van der Waals surface area contributed by atoms with Gasteiger partial charge in [-0.3, -0.25) is 14.5 Å². The largest absolute Gasteiger partial charge is 0.484 e. The number of thioether (sulfide) groups is 1. The zero-order valence-electron chi connectivity index (χ0n) is 17.4. The second kappa shape index (κ2) is 10.9. The van der Waals surface area contributed by atoms with Crippen molar-refractivity contribution in [2.45, 2.75) is 18.9 Å². The topological polar surface area (TPSA) is 67.9 Å². The molecule has 0 unspecified atom stereocenters. The van der Waals surface area contributed by atoms with Crippen LogP contribution >= 0.6 is 47.2 Å². The van der Waals surface area contributed by atoms with Gasteiger partial charge in [0.15, 0.2) is 6.61 Å². The van der Waals surface area contributed by atoms with Crippen LogP contribution in [0.5, 0.6) is 5.75 Å². The summed E-state index contributed by atoms with van der Waals surface area (Å²) < 4.78 is 11.8. The highest BCUT2D eigenvalue weighted by Crippen LogP contribution is 2.34. The van der Waals surface area contributed by atoms with Crippen molar-refractivity contribution in [1.29, 1.82) is 0 Å². The lowest BCUT2D eigenvalue weighted by Gasteiger charge is -2.18. The average molecular weight is 523 g/mol. The van der Waals surface area contributed by atoms with E-state index < -0.39 is 0 Å². The Labute approximate surface area is 211 Å². The normalized spacial score (nSPS) is 19.4. The molecular formula is C23H20Cl2N2O4S2. The molecule has 172 valence electrons. The Morgan fingerprint density at radius 3 is 2.88 bits per heavy atom. The van der Waals surface area contributed by atoms with Crippen LogP contribution in [0.3, 0.4) is 0 Å². The third kappa shape index (κ3) is 6.28. The fraction of sp³-hybridized carbons (Fsp3) is 0.261. The van der Waals surface area contributed by atoms with Gasteiger partial charge in [0.1, 0.15) is 10.1 Å². The predicted octanol–water partition coefficient (Wildman–Crippen LogP) is 5.39. The summed E-state index contributed by atoms with van der Waals surface area (Å²) in [5.41, 5.74) is 1.30. The summed E-state index contributed by atoms with van der Waals surface area (Å²) >= 11 is 18.5. The maximum atomic E-state index is 12.8. The Morgan fingerprint density at radius 2 is 2.12 bits per heavy atom. The summed E-state index contributed by atoms with van der Waals surface area (Å²) in [7, 11) is 0. The van der Waals surface area contributed by atoms with E-state index in [2.05, 4.69) is 5.32 Å². The lowest BCUT2D eigenvalue weighted by atomic mass is 10.2. The molecule has 2 amide bonds. The van der Waals surface area contributed by atoms with Crippen LogP contribution in [0.4, 0.5) is 5.69 Å². The van der Waals surface area contributed by atoms with Gasteiger partial charge in [0.2, 0.25) is 0 Å². The van der Waals surface area contributed by atoms with Crippen LogP contribution in [0.25, 0.3) is 6.08 Å². The van der Waals surface area contributed by atoms with Crippen molar-refractivity contribution in [2.75, 3.05) is 25.1 Å². The van der Waals surface area contributed by atoms with E-state index in [9.17, 15) is 9.59 Å². The minimum Gasteiger partial charge on any atom is -0.484 e. The molecule has 2 aromatic rings. The van der Waals surface area contributed by atoms with E-state index in [0.717, 1.165) is 25.0 Å². The summed E-state index contributed by atoms with van der Waals surface area (Å²) in [6, 6.07) is 12.0. The smallest absolute Gasteiger partial charge is 0.266 e. The molecule has 10 heteroatoms. The number of ether oxygens (including phenoxy) is 2. The molecule has 2 aromatic carbocycles. The molecule has 2 aliphatic heterocycles. The van der Waals surface area contributed by atoms with Gasteiger partial charge in [-0.05, 0) is 54.8 Å². The number of thiocarbonyl (C=S) groups is 1. The van der Waals surface area contributed by atoms with E-state index in [-0.39, 0.29) is 24.5 Å². The molecule has 1 atom stereocenters. The Hall–Kier alpha value is -2.10. The molecule has 1 N–H and O–H groups in total. The number of hydrogen-bond donors (Lipinski definition) is 1. The lowest BCUT2D eigenvalue weighted by molar-refractivity contribution is -0.123. The van der Waals surface area contributed by atoms with E-state index >= 15 is 0 Å². The SMILES string of the molecule is O=C(COc1cccc(/C=C2\SC(=S)N(C[C@H]3CCCO3)C2=O)c1)Nc1ccc(Cl)c(Cl)c1. The van der Waals surface area contributed by atoms with Gasteiger partial charge in [0.05, 0.1) is 27.6 Å². The van der Waals surface area contributed by atoms with Crippen LogP contribution in [0.15, 0.2) is 47.4 Å². The highest BCUT2D eigenvalue weighted by Gasteiger charge is 2.34. The fourth-order valence-corrected chi connectivity index (χ4v) is 4.99. The molecular weight excluding hydrogens is 503 g/mol.